The molecule has 3 rings (SSSR count). The van der Waals surface area contributed by atoms with Crippen molar-refractivity contribution in [2.75, 3.05) is 5.32 Å². The molecular formula is C14H14N5O4P. The second-order valence-corrected chi connectivity index (χ2v) is 6.68. The van der Waals surface area contributed by atoms with E-state index in [1.54, 1.807) is 12.1 Å². The number of primary amides is 1. The van der Waals surface area contributed by atoms with Crippen molar-refractivity contribution >= 4 is 35.7 Å². The second-order valence-electron chi connectivity index (χ2n) is 5.08. The predicted octanol–water partition coefficient (Wildman–Crippen LogP) is 0.472. The van der Waals surface area contributed by atoms with E-state index < -0.39 is 13.5 Å². The number of nitrogens with one attached hydrogen (secondary N) is 2. The van der Waals surface area contributed by atoms with Gasteiger partial charge in [0.2, 0.25) is 0 Å². The molecule has 0 saturated heterocycles. The molecule has 0 unspecified atom stereocenters. The van der Waals surface area contributed by atoms with E-state index in [-0.39, 0.29) is 10.9 Å². The Morgan fingerprint density at radius 2 is 1.96 bits per heavy atom. The molecule has 0 atom stereocenters. The van der Waals surface area contributed by atoms with Crippen LogP contribution in [0.15, 0.2) is 36.8 Å². The van der Waals surface area contributed by atoms with E-state index in [9.17, 15) is 9.36 Å². The maximum Gasteiger partial charge on any atom is 0.356 e. The van der Waals surface area contributed by atoms with Gasteiger partial charge in [-0.1, -0.05) is 12.1 Å². The number of aromatic nitrogens is 3. The van der Waals surface area contributed by atoms with Crippen LogP contribution >= 0.6 is 7.60 Å². The highest BCUT2D eigenvalue weighted by Crippen LogP contribution is 2.32. The molecule has 0 spiro atoms. The van der Waals surface area contributed by atoms with Crippen LogP contribution in [0.4, 0.5) is 5.82 Å². The van der Waals surface area contributed by atoms with Gasteiger partial charge in [0.15, 0.2) is 5.82 Å². The van der Waals surface area contributed by atoms with Crippen LogP contribution in [0.1, 0.15) is 15.9 Å². The zero-order chi connectivity index (χ0) is 17.3. The molecule has 0 radical (unpaired) electrons. The molecule has 3 aromatic rings. The summed E-state index contributed by atoms with van der Waals surface area (Å²) in [6.07, 6.45) is 2.80. The SMILES string of the molecule is NC(=O)c1c[nH]c2c(NCc3ccc(P(=O)(O)O)cc3)ncnc12. The molecule has 0 saturated carbocycles. The summed E-state index contributed by atoms with van der Waals surface area (Å²) in [4.78, 5) is 40.6. The molecule has 10 heteroatoms. The van der Waals surface area contributed by atoms with Gasteiger partial charge in [0.05, 0.1) is 10.9 Å². The summed E-state index contributed by atoms with van der Waals surface area (Å²) in [5, 5.41) is 3.05. The molecule has 124 valence electrons. The second kappa shape index (κ2) is 6.04. The average Bonchev–Trinajstić information content (AvgIpc) is 2.97. The number of nitrogens with zero attached hydrogens (tertiary/aromatic N) is 2. The highest BCUT2D eigenvalue weighted by molar-refractivity contribution is 7.60. The molecule has 0 aliphatic rings. The number of aromatic amines is 1. The van der Waals surface area contributed by atoms with Crippen LogP contribution in [0.25, 0.3) is 11.0 Å². The van der Waals surface area contributed by atoms with Gasteiger partial charge in [0.1, 0.15) is 17.4 Å². The lowest BCUT2D eigenvalue weighted by molar-refractivity contribution is 0.100. The van der Waals surface area contributed by atoms with E-state index in [0.29, 0.717) is 23.4 Å². The van der Waals surface area contributed by atoms with Crippen LogP contribution in [-0.2, 0) is 11.1 Å². The summed E-state index contributed by atoms with van der Waals surface area (Å²) in [6.45, 7) is 0.373. The fraction of sp³-hybridized carbons (Fsp3) is 0.0714. The highest BCUT2D eigenvalue weighted by Gasteiger charge is 2.16. The highest BCUT2D eigenvalue weighted by atomic mass is 31.2. The van der Waals surface area contributed by atoms with Gasteiger partial charge in [-0.05, 0) is 17.7 Å². The third kappa shape index (κ3) is 3.13. The first-order chi connectivity index (χ1) is 11.4. The lowest BCUT2D eigenvalue weighted by atomic mass is 10.2. The van der Waals surface area contributed by atoms with Gasteiger partial charge in [-0.3, -0.25) is 9.36 Å². The summed E-state index contributed by atoms with van der Waals surface area (Å²) < 4.78 is 11.1. The van der Waals surface area contributed by atoms with Crippen LogP contribution in [0.5, 0.6) is 0 Å². The van der Waals surface area contributed by atoms with Crippen LogP contribution in [-0.4, -0.2) is 30.6 Å². The van der Waals surface area contributed by atoms with Crippen molar-refractivity contribution in [2.45, 2.75) is 6.54 Å². The fourth-order valence-corrected chi connectivity index (χ4v) is 2.79. The number of carbonyl (C=O) groups is 1. The third-order valence-corrected chi connectivity index (χ3v) is 4.43. The number of amides is 1. The van der Waals surface area contributed by atoms with Crippen molar-refractivity contribution in [3.63, 3.8) is 0 Å². The molecule has 0 fully saturated rings. The molecule has 2 heterocycles. The fourth-order valence-electron chi connectivity index (χ4n) is 2.25. The van der Waals surface area contributed by atoms with Gasteiger partial charge in [0.25, 0.3) is 5.91 Å². The first kappa shape index (κ1) is 16.1. The summed E-state index contributed by atoms with van der Waals surface area (Å²) in [7, 11) is -4.24. The van der Waals surface area contributed by atoms with Gasteiger partial charge in [-0.25, -0.2) is 9.97 Å². The van der Waals surface area contributed by atoms with E-state index in [2.05, 4.69) is 20.3 Å². The Morgan fingerprint density at radius 3 is 2.58 bits per heavy atom. The molecule has 9 nitrogen and oxygen atoms in total. The number of rotatable bonds is 5. The molecule has 0 bridgehead atoms. The zero-order valence-electron chi connectivity index (χ0n) is 12.3. The Hall–Kier alpha value is -2.74. The number of benzene rings is 1. The number of anilines is 1. The number of carbonyl (C=O) groups excluding carboxylic acids is 1. The molecule has 1 amide bonds. The Bertz CT molecular complexity index is 947. The topological polar surface area (TPSA) is 154 Å². The van der Waals surface area contributed by atoms with Crippen LogP contribution < -0.4 is 16.4 Å². The minimum Gasteiger partial charge on any atom is -0.365 e. The van der Waals surface area contributed by atoms with Crippen molar-refractivity contribution < 1.29 is 19.1 Å². The first-order valence-electron chi connectivity index (χ1n) is 6.87. The Labute approximate surface area is 136 Å². The number of hydrogen-bond acceptors (Lipinski definition) is 5. The molecule has 0 aliphatic carbocycles. The smallest absolute Gasteiger partial charge is 0.356 e. The van der Waals surface area contributed by atoms with Gasteiger partial charge in [-0.2, -0.15) is 0 Å². The van der Waals surface area contributed by atoms with Gasteiger partial charge < -0.3 is 25.8 Å². The minimum atomic E-state index is -4.24. The number of fused-ring (bicyclic) bond motifs is 1. The normalized spacial score (nSPS) is 11.6. The quantitative estimate of drug-likeness (QED) is 0.420. The van der Waals surface area contributed by atoms with Crippen LogP contribution in [0.2, 0.25) is 0 Å². The summed E-state index contributed by atoms with van der Waals surface area (Å²) in [5.41, 5.74) is 7.35. The lowest BCUT2D eigenvalue weighted by Crippen LogP contribution is -2.10. The van der Waals surface area contributed by atoms with Gasteiger partial charge in [-0.15, -0.1) is 0 Å². The molecule has 6 N–H and O–H groups in total. The van der Waals surface area contributed by atoms with Crippen molar-refractivity contribution in [3.8, 4) is 0 Å². The van der Waals surface area contributed by atoms with E-state index in [1.807, 2.05) is 0 Å². The lowest BCUT2D eigenvalue weighted by Gasteiger charge is -2.08. The maximum absolute atomic E-state index is 11.3. The molecule has 0 aliphatic heterocycles. The minimum absolute atomic E-state index is 0.0360. The summed E-state index contributed by atoms with van der Waals surface area (Å²) >= 11 is 0. The third-order valence-electron chi connectivity index (χ3n) is 3.46. The van der Waals surface area contributed by atoms with E-state index in [0.717, 1.165) is 5.56 Å². The van der Waals surface area contributed by atoms with Gasteiger partial charge >= 0.3 is 7.60 Å². The standard InChI is InChI=1S/C14H14N5O4P/c15-13(20)10-6-16-12-11(10)18-7-19-14(12)17-5-8-1-3-9(4-2-8)24(21,22)23/h1-4,6-7,16H,5H2,(H2,15,20)(H,17,18,19)(H2,21,22,23). The number of nitrogens with two attached hydrogens (primary N) is 1. The monoisotopic (exact) mass is 347 g/mol. The van der Waals surface area contributed by atoms with Crippen LogP contribution in [0, 0.1) is 0 Å². The molecule has 1 aromatic carbocycles. The molecule has 24 heavy (non-hydrogen) atoms. The Balaban J connectivity index is 1.81. The van der Waals surface area contributed by atoms with Crippen molar-refractivity contribution in [2.24, 2.45) is 5.73 Å². The number of H-pyrrole nitrogens is 1. The van der Waals surface area contributed by atoms with E-state index in [1.165, 1.54) is 24.7 Å². The van der Waals surface area contributed by atoms with E-state index >= 15 is 0 Å². The van der Waals surface area contributed by atoms with Crippen molar-refractivity contribution in [3.05, 3.63) is 47.9 Å². The van der Waals surface area contributed by atoms with E-state index in [4.69, 9.17) is 15.5 Å². The molecule has 2 aromatic heterocycles. The first-order valence-corrected chi connectivity index (χ1v) is 8.48. The van der Waals surface area contributed by atoms with Crippen LogP contribution in [0.3, 0.4) is 0 Å². The maximum atomic E-state index is 11.3. The van der Waals surface area contributed by atoms with Crippen molar-refractivity contribution in [1.29, 1.82) is 0 Å². The Kier molecular flexibility index (Phi) is 4.06. The van der Waals surface area contributed by atoms with Crippen molar-refractivity contribution in [1.82, 2.24) is 15.0 Å². The number of hydrogen-bond donors (Lipinski definition) is 5. The van der Waals surface area contributed by atoms with Gasteiger partial charge in [0, 0.05) is 12.7 Å². The summed E-state index contributed by atoms with van der Waals surface area (Å²) in [5.74, 6) is -0.0921. The largest absolute Gasteiger partial charge is 0.365 e. The molecular weight excluding hydrogens is 333 g/mol. The Morgan fingerprint density at radius 1 is 1.25 bits per heavy atom. The predicted molar refractivity (Wildman–Crippen MR) is 87.9 cm³/mol. The zero-order valence-corrected chi connectivity index (χ0v) is 13.2. The average molecular weight is 347 g/mol. The summed E-state index contributed by atoms with van der Waals surface area (Å²) in [6, 6.07) is 5.99.